The Morgan fingerprint density at radius 2 is 1.87 bits per heavy atom. The highest BCUT2D eigenvalue weighted by Crippen LogP contribution is 2.50. The van der Waals surface area contributed by atoms with Gasteiger partial charge in [0.1, 0.15) is 6.61 Å². The minimum absolute atomic E-state index is 0.175. The molecule has 1 atom stereocenters. The Morgan fingerprint density at radius 3 is 2.48 bits per heavy atom. The smallest absolute Gasteiger partial charge is 0.220 e. The molecule has 164 valence electrons. The summed E-state index contributed by atoms with van der Waals surface area (Å²) in [7, 11) is 4.68. The Kier molecular flexibility index (Phi) is 6.84. The van der Waals surface area contributed by atoms with E-state index in [-0.39, 0.29) is 29.7 Å². The number of nitrogens with one attached hydrogen (secondary N) is 1. The summed E-state index contributed by atoms with van der Waals surface area (Å²) < 4.78 is 22.4. The Labute approximate surface area is 181 Å². The molecule has 0 heterocycles. The van der Waals surface area contributed by atoms with Crippen molar-refractivity contribution in [3.05, 3.63) is 58.3 Å². The molecule has 0 unspecified atom stereocenters. The van der Waals surface area contributed by atoms with Gasteiger partial charge < -0.3 is 24.3 Å². The summed E-state index contributed by atoms with van der Waals surface area (Å²) in [5.74, 6) is 1.55. The maximum absolute atomic E-state index is 12.9. The van der Waals surface area contributed by atoms with Gasteiger partial charge in [-0.05, 0) is 47.7 Å². The molecule has 2 aromatic rings. The predicted molar refractivity (Wildman–Crippen MR) is 118 cm³/mol. The number of hydrogen-bond donors (Lipinski definition) is 1. The van der Waals surface area contributed by atoms with E-state index in [2.05, 4.69) is 11.9 Å². The first-order valence-corrected chi connectivity index (χ1v) is 9.96. The maximum atomic E-state index is 12.9. The second-order valence-electron chi connectivity index (χ2n) is 7.15. The minimum atomic E-state index is -0.353. The van der Waals surface area contributed by atoms with Crippen molar-refractivity contribution < 1.29 is 23.7 Å². The summed E-state index contributed by atoms with van der Waals surface area (Å²) in [5.41, 5.74) is 2.94. The molecule has 0 aliphatic heterocycles. The number of carbonyl (C=O) groups excluding carboxylic acids is 1. The first kappa shape index (κ1) is 22.2. The van der Waals surface area contributed by atoms with Gasteiger partial charge in [-0.15, -0.1) is 0 Å². The van der Waals surface area contributed by atoms with E-state index in [1.165, 1.54) is 13.0 Å². The largest absolute Gasteiger partial charge is 0.493 e. The molecule has 1 aliphatic carbocycles. The number of fused-ring (bicyclic) bond motifs is 3. The van der Waals surface area contributed by atoms with Crippen LogP contribution in [-0.4, -0.2) is 33.8 Å². The molecule has 1 N–H and O–H groups in total. The van der Waals surface area contributed by atoms with Gasteiger partial charge in [-0.25, -0.2) is 0 Å². The molecule has 0 spiro atoms. The zero-order valence-corrected chi connectivity index (χ0v) is 18.2. The SMILES string of the molecule is C=CCOc1ccc2c(cc1=O)[C@@H](NC(C)=O)CCc1cc(OC)c(OC)c(OC)c1-2. The summed E-state index contributed by atoms with van der Waals surface area (Å²) >= 11 is 0. The number of methoxy groups -OCH3 is 3. The highest BCUT2D eigenvalue weighted by atomic mass is 16.5. The molecule has 1 aliphatic rings. The lowest BCUT2D eigenvalue weighted by Crippen LogP contribution is -2.26. The average molecular weight is 425 g/mol. The number of rotatable bonds is 7. The highest BCUT2D eigenvalue weighted by Gasteiger charge is 2.29. The number of carbonyl (C=O) groups is 1. The van der Waals surface area contributed by atoms with E-state index in [0.717, 1.165) is 16.7 Å². The van der Waals surface area contributed by atoms with Crippen LogP contribution >= 0.6 is 0 Å². The van der Waals surface area contributed by atoms with Crippen LogP contribution in [0.15, 0.2) is 41.7 Å². The zero-order chi connectivity index (χ0) is 22.5. The number of aryl methyl sites for hydroxylation is 1. The first-order chi connectivity index (χ1) is 14.9. The second-order valence-corrected chi connectivity index (χ2v) is 7.15. The lowest BCUT2D eigenvalue weighted by atomic mass is 9.95. The molecule has 0 saturated carbocycles. The van der Waals surface area contributed by atoms with Crippen LogP contribution < -0.4 is 29.7 Å². The van der Waals surface area contributed by atoms with Crippen molar-refractivity contribution in [3.8, 4) is 34.1 Å². The highest BCUT2D eigenvalue weighted by molar-refractivity contribution is 5.83. The average Bonchev–Trinajstić information content (AvgIpc) is 2.99. The number of amides is 1. The monoisotopic (exact) mass is 425 g/mol. The molecule has 7 heteroatoms. The van der Waals surface area contributed by atoms with Crippen LogP contribution in [0.3, 0.4) is 0 Å². The van der Waals surface area contributed by atoms with Crippen molar-refractivity contribution in [2.24, 2.45) is 0 Å². The van der Waals surface area contributed by atoms with E-state index in [0.29, 0.717) is 35.7 Å². The third-order valence-electron chi connectivity index (χ3n) is 5.23. The molecular formula is C24H27NO6. The van der Waals surface area contributed by atoms with Crippen LogP contribution in [0.1, 0.15) is 30.5 Å². The van der Waals surface area contributed by atoms with Crippen molar-refractivity contribution >= 4 is 5.91 Å². The molecule has 0 bridgehead atoms. The summed E-state index contributed by atoms with van der Waals surface area (Å²) in [6.45, 7) is 5.30. The molecule has 31 heavy (non-hydrogen) atoms. The van der Waals surface area contributed by atoms with E-state index in [4.69, 9.17) is 18.9 Å². The Hall–Kier alpha value is -3.48. The standard InChI is InChI=1S/C24H27NO6/c1-6-11-31-20-10-8-16-17(13-19(20)27)18(25-14(2)26)9-7-15-12-21(28-3)23(29-4)24(30-5)22(15)16/h6,8,10,12-13,18H,1,7,9,11H2,2-5H3,(H,25,26)/t18-/m0/s1. The molecule has 2 aromatic carbocycles. The van der Waals surface area contributed by atoms with Crippen molar-refractivity contribution in [1.82, 2.24) is 5.32 Å². The number of benzene rings is 1. The van der Waals surface area contributed by atoms with Gasteiger partial charge in [0, 0.05) is 12.5 Å². The van der Waals surface area contributed by atoms with Crippen LogP contribution in [0.2, 0.25) is 0 Å². The van der Waals surface area contributed by atoms with Gasteiger partial charge in [0.2, 0.25) is 17.1 Å². The summed E-state index contributed by atoms with van der Waals surface area (Å²) in [6, 6.07) is 6.55. The fraction of sp³-hybridized carbons (Fsp3) is 0.333. The summed E-state index contributed by atoms with van der Waals surface area (Å²) in [6.07, 6.45) is 2.82. The van der Waals surface area contributed by atoms with E-state index < -0.39 is 0 Å². The molecule has 1 amide bonds. The van der Waals surface area contributed by atoms with E-state index in [1.54, 1.807) is 33.5 Å². The van der Waals surface area contributed by atoms with Crippen molar-refractivity contribution in [1.29, 1.82) is 0 Å². The predicted octanol–water partition coefficient (Wildman–Crippen LogP) is 3.43. The molecule has 0 fully saturated rings. The molecule has 0 saturated heterocycles. The van der Waals surface area contributed by atoms with Gasteiger partial charge >= 0.3 is 0 Å². The number of ether oxygens (including phenoxy) is 4. The van der Waals surface area contributed by atoms with Crippen LogP contribution in [0.5, 0.6) is 23.0 Å². The van der Waals surface area contributed by atoms with Crippen LogP contribution in [-0.2, 0) is 11.2 Å². The molecule has 3 rings (SSSR count). The second kappa shape index (κ2) is 9.55. The fourth-order valence-electron chi connectivity index (χ4n) is 3.96. The van der Waals surface area contributed by atoms with Crippen LogP contribution in [0.4, 0.5) is 0 Å². The Bertz CT molecular complexity index is 1060. The first-order valence-electron chi connectivity index (χ1n) is 9.96. The molecule has 0 radical (unpaired) electrons. The molecular weight excluding hydrogens is 398 g/mol. The lowest BCUT2D eigenvalue weighted by molar-refractivity contribution is -0.119. The Balaban J connectivity index is 2.37. The zero-order valence-electron chi connectivity index (χ0n) is 18.2. The normalized spacial score (nSPS) is 14.4. The van der Waals surface area contributed by atoms with Gasteiger partial charge in [0.15, 0.2) is 17.2 Å². The minimum Gasteiger partial charge on any atom is -0.493 e. The van der Waals surface area contributed by atoms with Gasteiger partial charge in [-0.2, -0.15) is 0 Å². The summed E-state index contributed by atoms with van der Waals surface area (Å²) in [5, 5.41) is 2.97. The third kappa shape index (κ3) is 4.35. The van der Waals surface area contributed by atoms with Crippen LogP contribution in [0.25, 0.3) is 11.1 Å². The Morgan fingerprint density at radius 1 is 1.13 bits per heavy atom. The van der Waals surface area contributed by atoms with Crippen molar-refractivity contribution in [3.63, 3.8) is 0 Å². The van der Waals surface area contributed by atoms with Gasteiger partial charge in [0.05, 0.1) is 27.4 Å². The summed E-state index contributed by atoms with van der Waals surface area (Å²) in [4.78, 5) is 24.8. The topological polar surface area (TPSA) is 83.1 Å². The molecule has 0 aromatic heterocycles. The van der Waals surface area contributed by atoms with Crippen LogP contribution in [0, 0.1) is 0 Å². The maximum Gasteiger partial charge on any atom is 0.220 e. The third-order valence-corrected chi connectivity index (χ3v) is 5.23. The quantitative estimate of drug-likeness (QED) is 0.685. The fourth-order valence-corrected chi connectivity index (χ4v) is 3.96. The van der Waals surface area contributed by atoms with E-state index >= 15 is 0 Å². The van der Waals surface area contributed by atoms with Crippen molar-refractivity contribution in [2.45, 2.75) is 25.8 Å². The van der Waals surface area contributed by atoms with E-state index in [9.17, 15) is 9.59 Å². The van der Waals surface area contributed by atoms with Gasteiger partial charge in [0.25, 0.3) is 0 Å². The number of hydrogen-bond acceptors (Lipinski definition) is 6. The van der Waals surface area contributed by atoms with Gasteiger partial charge in [-0.3, -0.25) is 9.59 Å². The molecule has 7 nitrogen and oxygen atoms in total. The lowest BCUT2D eigenvalue weighted by Gasteiger charge is -2.19. The van der Waals surface area contributed by atoms with Crippen molar-refractivity contribution in [2.75, 3.05) is 27.9 Å². The van der Waals surface area contributed by atoms with E-state index in [1.807, 2.05) is 12.1 Å². The van der Waals surface area contributed by atoms with Gasteiger partial charge in [-0.1, -0.05) is 18.7 Å².